The number of hydrogen-bond acceptors (Lipinski definition) is 4. The van der Waals surface area contributed by atoms with E-state index in [1.54, 1.807) is 35.7 Å². The summed E-state index contributed by atoms with van der Waals surface area (Å²) in [4.78, 5) is 17.2. The van der Waals surface area contributed by atoms with Crippen molar-refractivity contribution >= 4 is 38.9 Å². The number of thiazole rings is 1. The van der Waals surface area contributed by atoms with Gasteiger partial charge in [-0.2, -0.15) is 0 Å². The van der Waals surface area contributed by atoms with Crippen LogP contribution in [0.4, 0.5) is 5.69 Å². The van der Waals surface area contributed by atoms with E-state index in [1.165, 1.54) is 0 Å². The van der Waals surface area contributed by atoms with Crippen LogP contribution in [-0.2, 0) is 6.54 Å². The maximum atomic E-state index is 12.0. The van der Waals surface area contributed by atoms with Gasteiger partial charge < -0.3 is 11.1 Å². The molecule has 94 valence electrons. The molecule has 0 radical (unpaired) electrons. The molecule has 0 aliphatic heterocycles. The SMILES string of the molecule is Cc1ncc(CNC(=O)c2cc(N)ccc2Br)s1. The van der Waals surface area contributed by atoms with E-state index in [2.05, 4.69) is 26.2 Å². The Bertz CT molecular complexity index is 582. The number of carbonyl (C=O) groups is 1. The van der Waals surface area contributed by atoms with Crippen molar-refractivity contribution in [2.24, 2.45) is 0 Å². The average molecular weight is 326 g/mol. The fourth-order valence-electron chi connectivity index (χ4n) is 1.47. The molecule has 0 unspecified atom stereocenters. The van der Waals surface area contributed by atoms with Gasteiger partial charge in [-0.15, -0.1) is 11.3 Å². The van der Waals surface area contributed by atoms with Crippen LogP contribution in [0.2, 0.25) is 0 Å². The Balaban J connectivity index is 2.05. The molecule has 4 nitrogen and oxygen atoms in total. The van der Waals surface area contributed by atoms with E-state index in [0.717, 1.165) is 14.4 Å². The minimum atomic E-state index is -0.153. The lowest BCUT2D eigenvalue weighted by atomic mass is 10.2. The molecule has 3 N–H and O–H groups in total. The third-order valence-electron chi connectivity index (χ3n) is 2.33. The Morgan fingerprint density at radius 2 is 2.33 bits per heavy atom. The number of amides is 1. The van der Waals surface area contributed by atoms with Crippen LogP contribution >= 0.6 is 27.3 Å². The van der Waals surface area contributed by atoms with Gasteiger partial charge in [-0.05, 0) is 41.1 Å². The van der Waals surface area contributed by atoms with Gasteiger partial charge in [0.15, 0.2) is 0 Å². The molecule has 0 atom stereocenters. The van der Waals surface area contributed by atoms with E-state index in [9.17, 15) is 4.79 Å². The summed E-state index contributed by atoms with van der Waals surface area (Å²) in [6.45, 7) is 2.41. The highest BCUT2D eigenvalue weighted by Gasteiger charge is 2.10. The summed E-state index contributed by atoms with van der Waals surface area (Å²) < 4.78 is 0.731. The first-order valence-corrected chi connectivity index (χ1v) is 6.92. The molecule has 1 aromatic heterocycles. The van der Waals surface area contributed by atoms with Crippen molar-refractivity contribution in [2.45, 2.75) is 13.5 Å². The molecule has 6 heteroatoms. The van der Waals surface area contributed by atoms with Crippen LogP contribution in [-0.4, -0.2) is 10.9 Å². The van der Waals surface area contributed by atoms with Gasteiger partial charge in [0.1, 0.15) is 0 Å². The van der Waals surface area contributed by atoms with E-state index in [0.29, 0.717) is 17.8 Å². The van der Waals surface area contributed by atoms with E-state index >= 15 is 0 Å². The minimum Gasteiger partial charge on any atom is -0.399 e. The predicted molar refractivity (Wildman–Crippen MR) is 76.6 cm³/mol. The summed E-state index contributed by atoms with van der Waals surface area (Å²) in [7, 11) is 0. The molecule has 0 saturated heterocycles. The van der Waals surface area contributed by atoms with Crippen molar-refractivity contribution in [3.8, 4) is 0 Å². The molecule has 0 saturated carbocycles. The smallest absolute Gasteiger partial charge is 0.252 e. The third kappa shape index (κ3) is 3.08. The summed E-state index contributed by atoms with van der Waals surface area (Å²) in [5.74, 6) is -0.153. The number of anilines is 1. The lowest BCUT2D eigenvalue weighted by Gasteiger charge is -2.06. The fourth-order valence-corrected chi connectivity index (χ4v) is 2.63. The molecule has 0 spiro atoms. The fraction of sp³-hybridized carbons (Fsp3) is 0.167. The number of aromatic nitrogens is 1. The van der Waals surface area contributed by atoms with Crippen LogP contribution < -0.4 is 11.1 Å². The number of nitrogens with two attached hydrogens (primary N) is 1. The maximum absolute atomic E-state index is 12.0. The van der Waals surface area contributed by atoms with Crippen molar-refractivity contribution in [1.29, 1.82) is 0 Å². The van der Waals surface area contributed by atoms with Crippen molar-refractivity contribution in [2.75, 3.05) is 5.73 Å². The van der Waals surface area contributed by atoms with Crippen LogP contribution in [0.1, 0.15) is 20.2 Å². The first-order valence-electron chi connectivity index (χ1n) is 5.31. The first-order chi connectivity index (χ1) is 8.56. The standard InChI is InChI=1S/C12H12BrN3OS/c1-7-15-5-9(18-7)6-16-12(17)10-4-8(14)2-3-11(10)13/h2-5H,6,14H2,1H3,(H,16,17). The van der Waals surface area contributed by atoms with Gasteiger partial charge in [-0.1, -0.05) is 0 Å². The third-order valence-corrected chi connectivity index (χ3v) is 3.93. The van der Waals surface area contributed by atoms with Crippen LogP contribution in [0, 0.1) is 6.92 Å². The number of benzene rings is 1. The van der Waals surface area contributed by atoms with E-state index in [1.807, 2.05) is 6.92 Å². The molecule has 0 aliphatic rings. The molecule has 1 amide bonds. The highest BCUT2D eigenvalue weighted by molar-refractivity contribution is 9.10. The number of halogens is 1. The molecule has 2 aromatic rings. The van der Waals surface area contributed by atoms with E-state index in [4.69, 9.17) is 5.73 Å². The first kappa shape index (κ1) is 13.0. The Morgan fingerprint density at radius 3 is 3.00 bits per heavy atom. The quantitative estimate of drug-likeness (QED) is 0.852. The Labute approximate surface area is 117 Å². The zero-order valence-electron chi connectivity index (χ0n) is 9.74. The lowest BCUT2D eigenvalue weighted by Crippen LogP contribution is -2.22. The number of hydrogen-bond donors (Lipinski definition) is 2. The molecular weight excluding hydrogens is 314 g/mol. The van der Waals surface area contributed by atoms with Crippen molar-refractivity contribution in [3.05, 3.63) is 44.3 Å². The highest BCUT2D eigenvalue weighted by Crippen LogP contribution is 2.19. The number of rotatable bonds is 3. The predicted octanol–water partition coefficient (Wildman–Crippen LogP) is 2.73. The van der Waals surface area contributed by atoms with Gasteiger partial charge in [0.2, 0.25) is 0 Å². The van der Waals surface area contributed by atoms with Gasteiger partial charge in [-0.25, -0.2) is 4.98 Å². The molecule has 1 aromatic carbocycles. The number of aryl methyl sites for hydroxylation is 1. The van der Waals surface area contributed by atoms with Gasteiger partial charge in [-0.3, -0.25) is 4.79 Å². The monoisotopic (exact) mass is 325 g/mol. The number of nitrogens with zero attached hydrogens (tertiary/aromatic N) is 1. The lowest BCUT2D eigenvalue weighted by molar-refractivity contribution is 0.0950. The zero-order valence-corrected chi connectivity index (χ0v) is 12.1. The van der Waals surface area contributed by atoms with Crippen LogP contribution in [0.3, 0.4) is 0 Å². The van der Waals surface area contributed by atoms with Gasteiger partial charge in [0.05, 0.1) is 17.1 Å². The highest BCUT2D eigenvalue weighted by atomic mass is 79.9. The van der Waals surface area contributed by atoms with Gasteiger partial charge in [0.25, 0.3) is 5.91 Å². The Morgan fingerprint density at radius 1 is 1.56 bits per heavy atom. The van der Waals surface area contributed by atoms with Gasteiger partial charge >= 0.3 is 0 Å². The molecule has 0 bridgehead atoms. The van der Waals surface area contributed by atoms with E-state index in [-0.39, 0.29) is 5.91 Å². The van der Waals surface area contributed by atoms with Crippen molar-refractivity contribution < 1.29 is 4.79 Å². The Hall–Kier alpha value is -1.40. The summed E-state index contributed by atoms with van der Waals surface area (Å²) in [6.07, 6.45) is 1.77. The average Bonchev–Trinajstić information content (AvgIpc) is 2.75. The van der Waals surface area contributed by atoms with Gasteiger partial charge in [0, 0.05) is 21.2 Å². The molecule has 0 aliphatic carbocycles. The van der Waals surface area contributed by atoms with Crippen LogP contribution in [0.15, 0.2) is 28.9 Å². The van der Waals surface area contributed by atoms with Crippen molar-refractivity contribution in [3.63, 3.8) is 0 Å². The molecule has 0 fully saturated rings. The number of nitrogen functional groups attached to an aromatic ring is 1. The summed E-state index contributed by atoms with van der Waals surface area (Å²) >= 11 is 4.91. The van der Waals surface area contributed by atoms with E-state index < -0.39 is 0 Å². The molecule has 18 heavy (non-hydrogen) atoms. The van der Waals surface area contributed by atoms with Crippen LogP contribution in [0.25, 0.3) is 0 Å². The van der Waals surface area contributed by atoms with Crippen molar-refractivity contribution in [1.82, 2.24) is 10.3 Å². The normalized spacial score (nSPS) is 10.3. The topological polar surface area (TPSA) is 68.0 Å². The minimum absolute atomic E-state index is 0.153. The van der Waals surface area contributed by atoms with Crippen LogP contribution in [0.5, 0.6) is 0 Å². The second-order valence-corrected chi connectivity index (χ2v) is 5.94. The second kappa shape index (κ2) is 5.49. The summed E-state index contributed by atoms with van der Waals surface area (Å²) in [5.41, 5.74) is 6.77. The molecular formula is C12H12BrN3OS. The number of carbonyl (C=O) groups excluding carboxylic acids is 1. The Kier molecular flexibility index (Phi) is 3.98. The zero-order chi connectivity index (χ0) is 13.1. The summed E-state index contributed by atoms with van der Waals surface area (Å²) in [5, 5.41) is 3.83. The molecule has 1 heterocycles. The largest absolute Gasteiger partial charge is 0.399 e. The summed E-state index contributed by atoms with van der Waals surface area (Å²) in [6, 6.07) is 5.16. The molecule has 2 rings (SSSR count). The number of nitrogens with one attached hydrogen (secondary N) is 1. The second-order valence-electron chi connectivity index (χ2n) is 3.77. The maximum Gasteiger partial charge on any atom is 0.252 e.